The topological polar surface area (TPSA) is 30.7 Å². The SMILES string of the molecule is Fc1ccc(Cl)c(Cn2cnc(I)n2)c1. The predicted molar refractivity (Wildman–Crippen MR) is 63.3 cm³/mol. The van der Waals surface area contributed by atoms with Crippen LogP contribution in [-0.2, 0) is 6.54 Å². The van der Waals surface area contributed by atoms with Crippen LogP contribution in [0.15, 0.2) is 24.5 Å². The van der Waals surface area contributed by atoms with Crippen molar-refractivity contribution in [2.45, 2.75) is 6.54 Å². The summed E-state index contributed by atoms with van der Waals surface area (Å²) in [6.45, 7) is 0.423. The van der Waals surface area contributed by atoms with E-state index in [0.717, 1.165) is 0 Å². The molecule has 0 atom stereocenters. The van der Waals surface area contributed by atoms with Crippen LogP contribution < -0.4 is 0 Å². The number of hydrogen-bond acceptors (Lipinski definition) is 2. The maximum atomic E-state index is 12.9. The molecule has 2 aromatic rings. The lowest BCUT2D eigenvalue weighted by atomic mass is 10.2. The van der Waals surface area contributed by atoms with Crippen LogP contribution in [0, 0.1) is 9.65 Å². The zero-order valence-electron chi connectivity index (χ0n) is 7.49. The minimum Gasteiger partial charge on any atom is -0.247 e. The van der Waals surface area contributed by atoms with Gasteiger partial charge in [0.05, 0.1) is 6.54 Å². The van der Waals surface area contributed by atoms with Crippen molar-refractivity contribution >= 4 is 34.2 Å². The van der Waals surface area contributed by atoms with Gasteiger partial charge in [-0.15, -0.1) is 5.10 Å². The second-order valence-electron chi connectivity index (χ2n) is 2.95. The Kier molecular flexibility index (Phi) is 3.20. The summed E-state index contributed by atoms with van der Waals surface area (Å²) in [5.74, 6) is -0.302. The predicted octanol–water partition coefficient (Wildman–Crippen LogP) is 2.72. The van der Waals surface area contributed by atoms with E-state index in [1.165, 1.54) is 18.2 Å². The van der Waals surface area contributed by atoms with Gasteiger partial charge < -0.3 is 0 Å². The second kappa shape index (κ2) is 4.44. The molecule has 0 radical (unpaired) electrons. The molecular formula is C9H6ClFIN3. The highest BCUT2D eigenvalue weighted by atomic mass is 127. The Labute approximate surface area is 104 Å². The molecule has 0 aliphatic carbocycles. The summed E-state index contributed by atoms with van der Waals surface area (Å²) in [4.78, 5) is 3.97. The van der Waals surface area contributed by atoms with Gasteiger partial charge in [-0.3, -0.25) is 0 Å². The van der Waals surface area contributed by atoms with Crippen molar-refractivity contribution in [3.8, 4) is 0 Å². The van der Waals surface area contributed by atoms with Crippen molar-refractivity contribution in [1.29, 1.82) is 0 Å². The highest BCUT2D eigenvalue weighted by Gasteiger charge is 2.04. The molecule has 0 unspecified atom stereocenters. The van der Waals surface area contributed by atoms with Crippen LogP contribution in [0.3, 0.4) is 0 Å². The lowest BCUT2D eigenvalue weighted by molar-refractivity contribution is 0.618. The van der Waals surface area contributed by atoms with Crippen LogP contribution in [0.5, 0.6) is 0 Å². The van der Waals surface area contributed by atoms with Crippen LogP contribution in [-0.4, -0.2) is 14.8 Å². The van der Waals surface area contributed by atoms with Crippen molar-refractivity contribution in [1.82, 2.24) is 14.8 Å². The maximum Gasteiger partial charge on any atom is 0.211 e. The minimum absolute atomic E-state index is 0.302. The molecule has 0 saturated carbocycles. The second-order valence-corrected chi connectivity index (χ2v) is 4.32. The van der Waals surface area contributed by atoms with Gasteiger partial charge in [-0.05, 0) is 23.8 Å². The first-order valence-electron chi connectivity index (χ1n) is 4.14. The molecule has 0 amide bonds. The molecule has 0 aliphatic heterocycles. The smallest absolute Gasteiger partial charge is 0.211 e. The van der Waals surface area contributed by atoms with E-state index >= 15 is 0 Å². The minimum atomic E-state index is -0.302. The normalized spacial score (nSPS) is 10.6. The van der Waals surface area contributed by atoms with Gasteiger partial charge in [0.15, 0.2) is 0 Å². The highest BCUT2D eigenvalue weighted by molar-refractivity contribution is 14.1. The molecule has 1 aromatic carbocycles. The van der Waals surface area contributed by atoms with Gasteiger partial charge in [0.1, 0.15) is 12.1 Å². The molecule has 3 nitrogen and oxygen atoms in total. The van der Waals surface area contributed by atoms with E-state index in [2.05, 4.69) is 10.1 Å². The Morgan fingerprint density at radius 2 is 2.27 bits per heavy atom. The molecule has 0 N–H and O–H groups in total. The molecule has 0 fully saturated rings. The number of nitrogens with zero attached hydrogens (tertiary/aromatic N) is 3. The third-order valence-electron chi connectivity index (χ3n) is 1.85. The first-order chi connectivity index (χ1) is 7.15. The van der Waals surface area contributed by atoms with Crippen molar-refractivity contribution < 1.29 is 4.39 Å². The summed E-state index contributed by atoms with van der Waals surface area (Å²) < 4.78 is 15.2. The van der Waals surface area contributed by atoms with Crippen molar-refractivity contribution in [3.05, 3.63) is 44.8 Å². The van der Waals surface area contributed by atoms with E-state index in [1.807, 2.05) is 22.6 Å². The molecule has 1 aromatic heterocycles. The van der Waals surface area contributed by atoms with E-state index in [4.69, 9.17) is 11.6 Å². The van der Waals surface area contributed by atoms with Crippen LogP contribution in [0.4, 0.5) is 4.39 Å². The van der Waals surface area contributed by atoms with Crippen molar-refractivity contribution in [2.75, 3.05) is 0 Å². The number of hydrogen-bond donors (Lipinski definition) is 0. The summed E-state index contributed by atoms with van der Waals surface area (Å²) in [6.07, 6.45) is 1.59. The van der Waals surface area contributed by atoms with Crippen molar-refractivity contribution in [2.24, 2.45) is 0 Å². The van der Waals surface area contributed by atoms with Gasteiger partial charge in [0.2, 0.25) is 3.83 Å². The van der Waals surface area contributed by atoms with E-state index in [-0.39, 0.29) is 5.82 Å². The molecule has 15 heavy (non-hydrogen) atoms. The Hall–Kier alpha value is -0.690. The Balaban J connectivity index is 2.27. The number of halogens is 3. The first kappa shape index (κ1) is 10.8. The molecule has 0 bridgehead atoms. The summed E-state index contributed by atoms with van der Waals surface area (Å²) in [6, 6.07) is 4.27. The average Bonchev–Trinajstić information content (AvgIpc) is 2.58. The molecule has 0 saturated heterocycles. The standard InChI is InChI=1S/C9H6ClFIN3/c10-8-2-1-7(11)3-6(8)4-15-5-13-9(12)14-15/h1-3,5H,4H2. The molecular weight excluding hydrogens is 331 g/mol. The zero-order valence-corrected chi connectivity index (χ0v) is 10.4. The number of benzene rings is 1. The van der Waals surface area contributed by atoms with Crippen LogP contribution in [0.2, 0.25) is 5.02 Å². The van der Waals surface area contributed by atoms with Gasteiger partial charge in [0.25, 0.3) is 0 Å². The van der Waals surface area contributed by atoms with Gasteiger partial charge in [-0.2, -0.15) is 0 Å². The third-order valence-corrected chi connectivity index (χ3v) is 2.71. The number of rotatable bonds is 2. The zero-order chi connectivity index (χ0) is 10.8. The van der Waals surface area contributed by atoms with E-state index < -0.39 is 0 Å². The van der Waals surface area contributed by atoms with Gasteiger partial charge in [-0.1, -0.05) is 11.6 Å². The largest absolute Gasteiger partial charge is 0.247 e. The van der Waals surface area contributed by atoms with Crippen molar-refractivity contribution in [3.63, 3.8) is 0 Å². The highest BCUT2D eigenvalue weighted by Crippen LogP contribution is 2.17. The van der Waals surface area contributed by atoms with Gasteiger partial charge >= 0.3 is 0 Å². The number of aromatic nitrogens is 3. The summed E-state index contributed by atoms with van der Waals surface area (Å²) >= 11 is 7.93. The van der Waals surface area contributed by atoms with Crippen LogP contribution in [0.25, 0.3) is 0 Å². The molecule has 6 heteroatoms. The van der Waals surface area contributed by atoms with Crippen LogP contribution in [0.1, 0.15) is 5.56 Å². The van der Waals surface area contributed by atoms with Gasteiger partial charge in [-0.25, -0.2) is 14.1 Å². The average molecular weight is 338 g/mol. The third kappa shape index (κ3) is 2.66. The van der Waals surface area contributed by atoms with E-state index in [9.17, 15) is 4.39 Å². The summed E-state index contributed by atoms with van der Waals surface area (Å²) in [5.41, 5.74) is 0.693. The molecule has 78 valence electrons. The monoisotopic (exact) mass is 337 g/mol. The molecule has 0 spiro atoms. The Morgan fingerprint density at radius 1 is 1.47 bits per heavy atom. The fourth-order valence-electron chi connectivity index (χ4n) is 1.19. The summed E-state index contributed by atoms with van der Waals surface area (Å²) in [7, 11) is 0. The van der Waals surface area contributed by atoms with E-state index in [0.29, 0.717) is 21.0 Å². The Morgan fingerprint density at radius 3 is 2.93 bits per heavy atom. The van der Waals surface area contributed by atoms with E-state index in [1.54, 1.807) is 11.0 Å². The lowest BCUT2D eigenvalue weighted by Gasteiger charge is -2.03. The molecule has 2 rings (SSSR count). The fourth-order valence-corrected chi connectivity index (χ4v) is 1.77. The quantitative estimate of drug-likeness (QED) is 0.789. The lowest BCUT2D eigenvalue weighted by Crippen LogP contribution is -2.01. The molecule has 0 aliphatic rings. The first-order valence-corrected chi connectivity index (χ1v) is 5.60. The van der Waals surface area contributed by atoms with Crippen LogP contribution >= 0.6 is 34.2 Å². The fraction of sp³-hybridized carbons (Fsp3) is 0.111. The van der Waals surface area contributed by atoms with Gasteiger partial charge in [0, 0.05) is 27.6 Å². The maximum absolute atomic E-state index is 12.9. The molecule has 1 heterocycles. The Bertz CT molecular complexity index is 486. The summed E-state index contributed by atoms with van der Waals surface area (Å²) in [5, 5.41) is 4.62.